The molecule has 0 amide bonds. The van der Waals surface area contributed by atoms with E-state index >= 15 is 0 Å². The van der Waals surface area contributed by atoms with Gasteiger partial charge in [0.05, 0.1) is 11.4 Å². The summed E-state index contributed by atoms with van der Waals surface area (Å²) in [4.78, 5) is 29.0. The molecule has 4 bridgehead atoms. The van der Waals surface area contributed by atoms with Gasteiger partial charge in [-0.2, -0.15) is 9.98 Å². The molecule has 0 saturated carbocycles. The van der Waals surface area contributed by atoms with E-state index in [0.717, 1.165) is 27.8 Å². The van der Waals surface area contributed by atoms with Crippen molar-refractivity contribution < 1.29 is 9.59 Å². The summed E-state index contributed by atoms with van der Waals surface area (Å²) in [6.45, 7) is 3.91. The molecule has 2 aliphatic carbocycles. The van der Waals surface area contributed by atoms with Gasteiger partial charge in [0.25, 0.3) is 0 Å². The lowest BCUT2D eigenvalue weighted by Crippen LogP contribution is -1.84. The highest BCUT2D eigenvalue weighted by atomic mass is 16.1. The van der Waals surface area contributed by atoms with Crippen LogP contribution in [0.1, 0.15) is 11.1 Å². The van der Waals surface area contributed by atoms with Crippen LogP contribution >= 0.6 is 0 Å². The number of hydrogen-bond donors (Lipinski definition) is 0. The summed E-state index contributed by atoms with van der Waals surface area (Å²) < 4.78 is 0. The highest BCUT2D eigenvalue weighted by Gasteiger charge is 2.24. The number of fused-ring (bicyclic) bond motifs is 2. The highest BCUT2D eigenvalue weighted by molar-refractivity contribution is 6.00. The average molecular weight is 262 g/mol. The summed E-state index contributed by atoms with van der Waals surface area (Å²) in [5, 5.41) is 0. The van der Waals surface area contributed by atoms with Crippen molar-refractivity contribution in [3.05, 3.63) is 35.4 Å². The van der Waals surface area contributed by atoms with Crippen LogP contribution in [0.25, 0.3) is 22.3 Å². The number of benzene rings is 2. The van der Waals surface area contributed by atoms with Crippen LogP contribution in [0.4, 0.5) is 11.4 Å². The fourth-order valence-electron chi connectivity index (χ4n) is 2.82. The number of nitrogens with zero attached hydrogens (tertiary/aromatic N) is 2. The van der Waals surface area contributed by atoms with Crippen molar-refractivity contribution >= 4 is 23.5 Å². The van der Waals surface area contributed by atoms with E-state index in [1.165, 1.54) is 0 Å². The van der Waals surface area contributed by atoms with Crippen LogP contribution in [-0.2, 0) is 9.59 Å². The van der Waals surface area contributed by atoms with Gasteiger partial charge in [0.15, 0.2) is 0 Å². The Morgan fingerprint density at radius 1 is 0.900 bits per heavy atom. The van der Waals surface area contributed by atoms with E-state index < -0.39 is 0 Å². The first-order valence-corrected chi connectivity index (χ1v) is 6.12. The van der Waals surface area contributed by atoms with E-state index in [1.807, 2.05) is 38.1 Å². The van der Waals surface area contributed by atoms with E-state index in [9.17, 15) is 9.59 Å². The molecule has 2 aliphatic rings. The van der Waals surface area contributed by atoms with Gasteiger partial charge in [-0.15, -0.1) is 0 Å². The zero-order valence-corrected chi connectivity index (χ0v) is 11.0. The standard InChI is InChI=1S/C16H10N2O2/c1-9-11-4-3-5-12(9)15-14(17-7-19)6-13(11)10(2)16(15)18-8-20/h3-6H,1-2H3. The van der Waals surface area contributed by atoms with Gasteiger partial charge in [0.2, 0.25) is 12.2 Å². The maximum atomic E-state index is 10.7. The normalized spacial score (nSPS) is 10.5. The van der Waals surface area contributed by atoms with E-state index in [1.54, 1.807) is 12.2 Å². The minimum Gasteiger partial charge on any atom is -0.211 e. The Morgan fingerprint density at radius 3 is 2.30 bits per heavy atom. The molecule has 4 nitrogen and oxygen atoms in total. The first-order chi connectivity index (χ1) is 9.69. The number of hydrogen-bond acceptors (Lipinski definition) is 4. The second-order valence-corrected chi connectivity index (χ2v) is 4.68. The molecule has 20 heavy (non-hydrogen) atoms. The first-order valence-electron chi connectivity index (χ1n) is 6.12. The molecule has 2 aromatic carbocycles. The van der Waals surface area contributed by atoms with E-state index in [2.05, 4.69) is 9.98 Å². The molecule has 0 spiro atoms. The third kappa shape index (κ3) is 1.50. The van der Waals surface area contributed by atoms with Crippen LogP contribution in [-0.4, -0.2) is 12.2 Å². The topological polar surface area (TPSA) is 58.9 Å². The fourth-order valence-corrected chi connectivity index (χ4v) is 2.82. The number of carbonyl (C=O) groups excluding carboxylic acids is 2. The molecule has 0 atom stereocenters. The van der Waals surface area contributed by atoms with Gasteiger partial charge in [0, 0.05) is 5.56 Å². The van der Waals surface area contributed by atoms with Crippen molar-refractivity contribution in [2.24, 2.45) is 9.98 Å². The SMILES string of the molecule is Cc1c2cccc1-c1c(N=C=O)cc-2c(C)c1N=C=O. The molecular weight excluding hydrogens is 252 g/mol. The highest BCUT2D eigenvalue weighted by Crippen LogP contribution is 2.51. The smallest absolute Gasteiger partial charge is 0.211 e. The second kappa shape index (κ2) is 4.39. The lowest BCUT2D eigenvalue weighted by molar-refractivity contribution is 0.565. The Labute approximate surface area is 115 Å². The van der Waals surface area contributed by atoms with Crippen LogP contribution in [0, 0.1) is 13.8 Å². The van der Waals surface area contributed by atoms with Crippen LogP contribution in [0.2, 0.25) is 0 Å². The third-order valence-electron chi connectivity index (χ3n) is 3.75. The summed E-state index contributed by atoms with van der Waals surface area (Å²) in [6.07, 6.45) is 3.15. The summed E-state index contributed by atoms with van der Waals surface area (Å²) in [5.74, 6) is 0. The van der Waals surface area contributed by atoms with Crippen LogP contribution < -0.4 is 0 Å². The zero-order valence-electron chi connectivity index (χ0n) is 11.0. The van der Waals surface area contributed by atoms with Crippen molar-refractivity contribution in [1.29, 1.82) is 0 Å². The molecule has 0 aromatic heterocycles. The van der Waals surface area contributed by atoms with Crippen LogP contribution in [0.15, 0.2) is 34.3 Å². The number of isocyanates is 2. The summed E-state index contributed by atoms with van der Waals surface area (Å²) in [7, 11) is 0. The van der Waals surface area contributed by atoms with Gasteiger partial charge in [0.1, 0.15) is 0 Å². The van der Waals surface area contributed by atoms with Crippen molar-refractivity contribution in [2.45, 2.75) is 13.8 Å². The Kier molecular flexibility index (Phi) is 2.69. The fraction of sp³-hybridized carbons (Fsp3) is 0.125. The lowest BCUT2D eigenvalue weighted by Gasteiger charge is -2.09. The molecule has 0 radical (unpaired) electrons. The van der Waals surface area contributed by atoms with Crippen molar-refractivity contribution in [3.63, 3.8) is 0 Å². The van der Waals surface area contributed by atoms with Gasteiger partial charge in [-0.1, -0.05) is 18.2 Å². The zero-order chi connectivity index (χ0) is 14.3. The van der Waals surface area contributed by atoms with Gasteiger partial charge in [-0.05, 0) is 47.7 Å². The molecule has 0 saturated heterocycles. The van der Waals surface area contributed by atoms with Gasteiger partial charge in [-0.25, -0.2) is 9.59 Å². The summed E-state index contributed by atoms with van der Waals surface area (Å²) in [5.41, 5.74) is 6.58. The van der Waals surface area contributed by atoms with E-state index in [-0.39, 0.29) is 0 Å². The molecule has 4 heteroatoms. The predicted molar refractivity (Wildman–Crippen MR) is 75.9 cm³/mol. The molecule has 2 aromatic rings. The van der Waals surface area contributed by atoms with Crippen molar-refractivity contribution in [3.8, 4) is 22.3 Å². The van der Waals surface area contributed by atoms with Crippen LogP contribution in [0.3, 0.4) is 0 Å². The first kappa shape index (κ1) is 12.2. The number of rotatable bonds is 2. The monoisotopic (exact) mass is 262 g/mol. The largest absolute Gasteiger partial charge is 0.240 e. The Morgan fingerprint density at radius 2 is 1.60 bits per heavy atom. The predicted octanol–water partition coefficient (Wildman–Crippen LogP) is 3.89. The minimum absolute atomic E-state index is 0.485. The average Bonchev–Trinajstić information content (AvgIpc) is 2.53. The second-order valence-electron chi connectivity index (χ2n) is 4.68. The van der Waals surface area contributed by atoms with Crippen LogP contribution in [0.5, 0.6) is 0 Å². The molecule has 0 fully saturated rings. The molecule has 0 unspecified atom stereocenters. The molecule has 0 aliphatic heterocycles. The minimum atomic E-state index is 0.485. The van der Waals surface area contributed by atoms with Gasteiger partial charge >= 0.3 is 0 Å². The molecule has 0 heterocycles. The van der Waals surface area contributed by atoms with Gasteiger partial charge in [-0.3, -0.25) is 0 Å². The van der Waals surface area contributed by atoms with Crippen molar-refractivity contribution in [1.82, 2.24) is 0 Å². The molecule has 96 valence electrons. The molecule has 0 N–H and O–H groups in total. The van der Waals surface area contributed by atoms with E-state index in [0.29, 0.717) is 16.9 Å². The Hall–Kier alpha value is -2.80. The summed E-state index contributed by atoms with van der Waals surface area (Å²) >= 11 is 0. The van der Waals surface area contributed by atoms with Gasteiger partial charge < -0.3 is 0 Å². The quantitative estimate of drug-likeness (QED) is 0.519. The summed E-state index contributed by atoms with van der Waals surface area (Å²) in [6, 6.07) is 7.73. The third-order valence-corrected chi connectivity index (χ3v) is 3.75. The van der Waals surface area contributed by atoms with E-state index in [4.69, 9.17) is 0 Å². The molecule has 4 rings (SSSR count). The Balaban J connectivity index is 2.60. The number of aliphatic imine (C=N–C) groups is 2. The maximum absolute atomic E-state index is 10.7. The molecular formula is C16H10N2O2. The van der Waals surface area contributed by atoms with Crippen molar-refractivity contribution in [2.75, 3.05) is 0 Å². The lowest BCUT2D eigenvalue weighted by atomic mass is 9.99. The Bertz CT molecular complexity index is 840. The maximum Gasteiger partial charge on any atom is 0.240 e.